The van der Waals surface area contributed by atoms with Crippen LogP contribution in [0.25, 0.3) is 0 Å². The second-order valence-electron chi connectivity index (χ2n) is 4.41. The molecule has 0 aromatic carbocycles. The number of aromatic nitrogens is 2. The quantitative estimate of drug-likeness (QED) is 0.869. The summed E-state index contributed by atoms with van der Waals surface area (Å²) in [6.07, 6.45) is -4.58. The third-order valence-electron chi connectivity index (χ3n) is 2.75. The molecule has 0 amide bonds. The van der Waals surface area contributed by atoms with Crippen LogP contribution in [0.5, 0.6) is 0 Å². The summed E-state index contributed by atoms with van der Waals surface area (Å²) in [5.41, 5.74) is 0.997. The van der Waals surface area contributed by atoms with Gasteiger partial charge in [0, 0.05) is 12.6 Å². The van der Waals surface area contributed by atoms with E-state index in [1.54, 1.807) is 6.92 Å². The smallest absolute Gasteiger partial charge is 0.370 e. The Morgan fingerprint density at radius 1 is 1.29 bits per heavy atom. The molecule has 2 aromatic rings. The standard InChI is InChI=1S/C13H15F3N4S/c1-3-17-10-6-11(20-12(19-10)13(14,15)16)18-8(2)9-4-5-21-7-9/h4-8H,3H2,1-2H3,(H2,17,18,19,20). The van der Waals surface area contributed by atoms with Crippen LogP contribution < -0.4 is 10.6 Å². The number of anilines is 2. The first kappa shape index (κ1) is 15.6. The van der Waals surface area contributed by atoms with Crippen LogP contribution >= 0.6 is 11.3 Å². The van der Waals surface area contributed by atoms with E-state index in [0.717, 1.165) is 5.56 Å². The molecular formula is C13H15F3N4S. The van der Waals surface area contributed by atoms with Gasteiger partial charge in [-0.25, -0.2) is 9.97 Å². The first-order valence-corrected chi connectivity index (χ1v) is 7.33. The van der Waals surface area contributed by atoms with E-state index in [1.165, 1.54) is 17.4 Å². The number of alkyl halides is 3. The molecular weight excluding hydrogens is 301 g/mol. The number of thiophene rings is 1. The van der Waals surface area contributed by atoms with E-state index in [0.29, 0.717) is 6.54 Å². The molecule has 0 saturated carbocycles. The fourth-order valence-electron chi connectivity index (χ4n) is 1.75. The Kier molecular flexibility index (Phi) is 4.66. The lowest BCUT2D eigenvalue weighted by molar-refractivity contribution is -0.144. The summed E-state index contributed by atoms with van der Waals surface area (Å²) in [6.45, 7) is 4.13. The van der Waals surface area contributed by atoms with Crippen molar-refractivity contribution in [3.63, 3.8) is 0 Å². The monoisotopic (exact) mass is 316 g/mol. The van der Waals surface area contributed by atoms with Gasteiger partial charge in [-0.15, -0.1) is 0 Å². The SMILES string of the molecule is CCNc1cc(NC(C)c2ccsc2)nc(C(F)(F)F)n1. The first-order chi connectivity index (χ1) is 9.90. The predicted octanol–water partition coefficient (Wildman–Crippen LogP) is 4.16. The van der Waals surface area contributed by atoms with Gasteiger partial charge in [-0.3, -0.25) is 0 Å². The van der Waals surface area contributed by atoms with Crippen LogP contribution in [0, 0.1) is 0 Å². The third-order valence-corrected chi connectivity index (χ3v) is 3.45. The lowest BCUT2D eigenvalue weighted by Crippen LogP contribution is -2.16. The molecule has 0 radical (unpaired) electrons. The zero-order valence-electron chi connectivity index (χ0n) is 11.5. The molecule has 0 bridgehead atoms. The summed E-state index contributed by atoms with van der Waals surface area (Å²) in [6, 6.07) is 3.25. The van der Waals surface area contributed by atoms with Gasteiger partial charge in [0.05, 0.1) is 6.04 Å². The average molecular weight is 316 g/mol. The highest BCUT2D eigenvalue weighted by Crippen LogP contribution is 2.29. The highest BCUT2D eigenvalue weighted by atomic mass is 32.1. The molecule has 21 heavy (non-hydrogen) atoms. The van der Waals surface area contributed by atoms with Crippen LogP contribution in [0.4, 0.5) is 24.8 Å². The normalized spacial score (nSPS) is 13.0. The molecule has 0 aliphatic rings. The molecule has 114 valence electrons. The molecule has 2 heterocycles. The lowest BCUT2D eigenvalue weighted by Gasteiger charge is -2.16. The molecule has 0 saturated heterocycles. The highest BCUT2D eigenvalue weighted by molar-refractivity contribution is 7.07. The van der Waals surface area contributed by atoms with Gasteiger partial charge < -0.3 is 10.6 Å². The first-order valence-electron chi connectivity index (χ1n) is 6.39. The summed E-state index contributed by atoms with van der Waals surface area (Å²) in [4.78, 5) is 7.03. The van der Waals surface area contributed by atoms with Crippen LogP contribution in [-0.4, -0.2) is 16.5 Å². The minimum atomic E-state index is -4.58. The van der Waals surface area contributed by atoms with E-state index in [4.69, 9.17) is 0 Å². The van der Waals surface area contributed by atoms with Crippen molar-refractivity contribution >= 4 is 23.0 Å². The molecule has 0 spiro atoms. The minimum absolute atomic E-state index is 0.137. The van der Waals surface area contributed by atoms with E-state index in [9.17, 15) is 13.2 Å². The number of nitrogens with zero attached hydrogens (tertiary/aromatic N) is 2. The lowest BCUT2D eigenvalue weighted by atomic mass is 10.2. The van der Waals surface area contributed by atoms with Crippen molar-refractivity contribution in [3.05, 3.63) is 34.3 Å². The molecule has 4 nitrogen and oxygen atoms in total. The maximum Gasteiger partial charge on any atom is 0.451 e. The predicted molar refractivity (Wildman–Crippen MR) is 77.6 cm³/mol. The Morgan fingerprint density at radius 3 is 2.57 bits per heavy atom. The van der Waals surface area contributed by atoms with E-state index < -0.39 is 12.0 Å². The van der Waals surface area contributed by atoms with Gasteiger partial charge in [-0.05, 0) is 36.2 Å². The van der Waals surface area contributed by atoms with Crippen molar-refractivity contribution in [2.45, 2.75) is 26.1 Å². The Bertz CT molecular complexity index is 584. The maximum atomic E-state index is 12.8. The molecule has 1 unspecified atom stereocenters. The second kappa shape index (κ2) is 6.30. The Balaban J connectivity index is 2.27. The van der Waals surface area contributed by atoms with Gasteiger partial charge >= 0.3 is 6.18 Å². The number of hydrogen-bond donors (Lipinski definition) is 2. The van der Waals surface area contributed by atoms with E-state index in [1.807, 2.05) is 23.8 Å². The topological polar surface area (TPSA) is 49.8 Å². The third kappa shape index (κ3) is 4.07. The fourth-order valence-corrected chi connectivity index (χ4v) is 2.50. The van der Waals surface area contributed by atoms with Crippen molar-refractivity contribution in [2.24, 2.45) is 0 Å². The summed E-state index contributed by atoms with van der Waals surface area (Å²) in [7, 11) is 0. The molecule has 0 fully saturated rings. The van der Waals surface area contributed by atoms with Crippen LogP contribution in [0.3, 0.4) is 0 Å². The van der Waals surface area contributed by atoms with E-state index in [-0.39, 0.29) is 17.7 Å². The molecule has 1 atom stereocenters. The number of halogens is 3. The molecule has 0 aliphatic heterocycles. The van der Waals surface area contributed by atoms with Gasteiger partial charge in [0.2, 0.25) is 5.82 Å². The van der Waals surface area contributed by atoms with Gasteiger partial charge in [0.25, 0.3) is 0 Å². The van der Waals surface area contributed by atoms with Crippen LogP contribution in [-0.2, 0) is 6.18 Å². The highest BCUT2D eigenvalue weighted by Gasteiger charge is 2.35. The largest absolute Gasteiger partial charge is 0.451 e. The van der Waals surface area contributed by atoms with Crippen molar-refractivity contribution in [1.29, 1.82) is 0 Å². The molecule has 8 heteroatoms. The van der Waals surface area contributed by atoms with Gasteiger partial charge in [-0.2, -0.15) is 24.5 Å². The Morgan fingerprint density at radius 2 is 2.00 bits per heavy atom. The van der Waals surface area contributed by atoms with Gasteiger partial charge in [-0.1, -0.05) is 0 Å². The molecule has 2 N–H and O–H groups in total. The van der Waals surface area contributed by atoms with E-state index >= 15 is 0 Å². The second-order valence-corrected chi connectivity index (χ2v) is 5.19. The Hall–Kier alpha value is -1.83. The summed E-state index contributed by atoms with van der Waals surface area (Å²) >= 11 is 1.53. The van der Waals surface area contributed by atoms with Crippen molar-refractivity contribution in [3.8, 4) is 0 Å². The maximum absolute atomic E-state index is 12.8. The Labute approximate surface area is 124 Å². The number of nitrogens with one attached hydrogen (secondary N) is 2. The molecule has 0 aliphatic carbocycles. The van der Waals surface area contributed by atoms with Crippen molar-refractivity contribution in [1.82, 2.24) is 9.97 Å². The van der Waals surface area contributed by atoms with Crippen LogP contribution in [0.15, 0.2) is 22.9 Å². The average Bonchev–Trinajstić information content (AvgIpc) is 2.91. The van der Waals surface area contributed by atoms with Crippen molar-refractivity contribution < 1.29 is 13.2 Å². The molecule has 2 rings (SSSR count). The number of rotatable bonds is 5. The summed E-state index contributed by atoms with van der Waals surface area (Å²) < 4.78 is 38.5. The van der Waals surface area contributed by atoms with E-state index in [2.05, 4.69) is 20.6 Å². The zero-order valence-corrected chi connectivity index (χ0v) is 12.3. The zero-order chi connectivity index (χ0) is 15.5. The van der Waals surface area contributed by atoms with Gasteiger partial charge in [0.15, 0.2) is 0 Å². The van der Waals surface area contributed by atoms with Gasteiger partial charge in [0.1, 0.15) is 11.6 Å². The van der Waals surface area contributed by atoms with Crippen LogP contribution in [0.1, 0.15) is 31.3 Å². The number of hydrogen-bond acceptors (Lipinski definition) is 5. The van der Waals surface area contributed by atoms with Crippen LogP contribution in [0.2, 0.25) is 0 Å². The fraction of sp³-hybridized carbons (Fsp3) is 0.385. The summed E-state index contributed by atoms with van der Waals surface area (Å²) in [5, 5.41) is 9.61. The molecule has 2 aromatic heterocycles. The summed E-state index contributed by atoms with van der Waals surface area (Å²) in [5.74, 6) is -0.854. The minimum Gasteiger partial charge on any atom is -0.370 e. The van der Waals surface area contributed by atoms with Crippen molar-refractivity contribution in [2.75, 3.05) is 17.2 Å².